The number of nitrogens with one attached hydrogen (secondary N) is 1. The molecule has 0 radical (unpaired) electrons. The summed E-state index contributed by atoms with van der Waals surface area (Å²) in [4.78, 5) is 4.46. The van der Waals surface area contributed by atoms with E-state index in [4.69, 9.17) is 0 Å². The van der Waals surface area contributed by atoms with E-state index in [-0.39, 0.29) is 5.41 Å². The van der Waals surface area contributed by atoms with E-state index in [1.165, 1.54) is 11.1 Å². The lowest BCUT2D eigenvalue weighted by molar-refractivity contribution is 0.623. The molecule has 3 nitrogen and oxygen atoms in total. The minimum atomic E-state index is -0.165. The molecule has 1 aromatic carbocycles. The van der Waals surface area contributed by atoms with Crippen molar-refractivity contribution in [3.8, 4) is 11.4 Å². The summed E-state index contributed by atoms with van der Waals surface area (Å²) in [6.45, 7) is 0. The maximum Gasteiger partial charge on any atom is 0.118 e. The quantitative estimate of drug-likeness (QED) is 0.556. The third-order valence-corrected chi connectivity index (χ3v) is 5.79. The van der Waals surface area contributed by atoms with E-state index in [0.29, 0.717) is 0 Å². The normalized spacial score (nSPS) is 18.6. The fourth-order valence-corrected chi connectivity index (χ4v) is 4.52. The summed E-state index contributed by atoms with van der Waals surface area (Å²) in [6, 6.07) is 18.9. The number of H-pyrrole nitrogens is 1. The van der Waals surface area contributed by atoms with E-state index in [1.807, 2.05) is 24.4 Å². The highest BCUT2D eigenvalue weighted by Crippen LogP contribution is 2.43. The molecule has 1 unspecified atom stereocenters. The number of pyridine rings is 1. The molecule has 0 spiro atoms. The summed E-state index contributed by atoms with van der Waals surface area (Å²) in [5, 5.41) is 12.2. The predicted molar refractivity (Wildman–Crippen MR) is 106 cm³/mol. The van der Waals surface area contributed by atoms with Crippen LogP contribution in [0, 0.1) is 0 Å². The second-order valence-electron chi connectivity index (χ2n) is 6.54. The molecule has 5 rings (SSSR count). The standard InChI is InChI=1S/C22H17N3S/c1-2-6-16(7-3-1)22(17-10-13-26-15-17)11-9-18-20(14-22)24-25-21(18)19-8-4-5-12-23-19/h1-13,15H,14H2,(H,24,25). The maximum absolute atomic E-state index is 4.57. The van der Waals surface area contributed by atoms with Crippen LogP contribution in [0.15, 0.2) is 77.6 Å². The molecular weight excluding hydrogens is 338 g/mol. The van der Waals surface area contributed by atoms with E-state index in [1.54, 1.807) is 11.3 Å². The number of benzene rings is 1. The average molecular weight is 355 g/mol. The van der Waals surface area contributed by atoms with Crippen molar-refractivity contribution in [3.63, 3.8) is 0 Å². The molecule has 126 valence electrons. The van der Waals surface area contributed by atoms with E-state index < -0.39 is 0 Å². The van der Waals surface area contributed by atoms with Gasteiger partial charge in [0.2, 0.25) is 0 Å². The van der Waals surface area contributed by atoms with Crippen LogP contribution in [0.3, 0.4) is 0 Å². The second-order valence-corrected chi connectivity index (χ2v) is 7.32. The number of aromatic nitrogens is 3. The van der Waals surface area contributed by atoms with Crippen molar-refractivity contribution >= 4 is 17.4 Å². The van der Waals surface area contributed by atoms with Crippen LogP contribution in [0.4, 0.5) is 0 Å². The molecule has 4 aromatic rings. The predicted octanol–water partition coefficient (Wildman–Crippen LogP) is 5.09. The molecule has 3 aromatic heterocycles. The van der Waals surface area contributed by atoms with Gasteiger partial charge in [-0.2, -0.15) is 16.4 Å². The van der Waals surface area contributed by atoms with Crippen LogP contribution in [0.5, 0.6) is 0 Å². The zero-order valence-electron chi connectivity index (χ0n) is 14.1. The van der Waals surface area contributed by atoms with Gasteiger partial charge in [0.25, 0.3) is 0 Å². The number of nitrogens with zero attached hydrogens (tertiary/aromatic N) is 2. The summed E-state index contributed by atoms with van der Waals surface area (Å²) in [7, 11) is 0. The molecule has 0 saturated carbocycles. The first-order valence-corrected chi connectivity index (χ1v) is 9.57. The van der Waals surface area contributed by atoms with Gasteiger partial charge in [-0.3, -0.25) is 10.1 Å². The Kier molecular flexibility index (Phi) is 3.57. The first-order chi connectivity index (χ1) is 12.9. The molecule has 1 aliphatic carbocycles. The Morgan fingerprint density at radius 3 is 2.62 bits per heavy atom. The summed E-state index contributed by atoms with van der Waals surface area (Å²) < 4.78 is 0. The molecule has 0 saturated heterocycles. The van der Waals surface area contributed by atoms with Crippen molar-refractivity contribution in [2.45, 2.75) is 11.8 Å². The maximum atomic E-state index is 4.57. The van der Waals surface area contributed by atoms with Crippen molar-refractivity contribution in [2.24, 2.45) is 0 Å². The molecule has 0 aliphatic heterocycles. The molecule has 26 heavy (non-hydrogen) atoms. The van der Waals surface area contributed by atoms with Crippen LogP contribution in [0.2, 0.25) is 0 Å². The lowest BCUT2D eigenvalue weighted by atomic mass is 9.69. The highest BCUT2D eigenvalue weighted by atomic mass is 32.1. The van der Waals surface area contributed by atoms with E-state index in [9.17, 15) is 0 Å². The number of hydrogen-bond acceptors (Lipinski definition) is 3. The Morgan fingerprint density at radius 2 is 1.85 bits per heavy atom. The van der Waals surface area contributed by atoms with Gasteiger partial charge >= 0.3 is 0 Å². The van der Waals surface area contributed by atoms with Crippen LogP contribution in [0.25, 0.3) is 17.5 Å². The van der Waals surface area contributed by atoms with Crippen LogP contribution in [-0.4, -0.2) is 15.2 Å². The lowest BCUT2D eigenvalue weighted by Gasteiger charge is -2.33. The van der Waals surface area contributed by atoms with Crippen LogP contribution in [0.1, 0.15) is 22.4 Å². The number of rotatable bonds is 3. The minimum Gasteiger partial charge on any atom is -0.281 e. The van der Waals surface area contributed by atoms with Gasteiger partial charge in [0, 0.05) is 29.3 Å². The zero-order valence-corrected chi connectivity index (χ0v) is 14.9. The van der Waals surface area contributed by atoms with Crippen LogP contribution >= 0.6 is 11.3 Å². The molecular formula is C22H17N3S. The summed E-state index contributed by atoms with van der Waals surface area (Å²) in [5.74, 6) is 0. The Bertz CT molecular complexity index is 1050. The van der Waals surface area contributed by atoms with Gasteiger partial charge in [0.1, 0.15) is 5.69 Å². The number of aromatic amines is 1. The molecule has 4 heteroatoms. The van der Waals surface area contributed by atoms with Crippen molar-refractivity contribution in [2.75, 3.05) is 0 Å². The van der Waals surface area contributed by atoms with Crippen LogP contribution < -0.4 is 0 Å². The third kappa shape index (κ3) is 2.34. The smallest absolute Gasteiger partial charge is 0.118 e. The zero-order chi connectivity index (χ0) is 17.4. The highest BCUT2D eigenvalue weighted by Gasteiger charge is 2.36. The fraction of sp³-hybridized carbons (Fsp3) is 0.0909. The minimum absolute atomic E-state index is 0.165. The average Bonchev–Trinajstić information content (AvgIpc) is 3.39. The number of thiophene rings is 1. The number of hydrogen-bond donors (Lipinski definition) is 1. The van der Waals surface area contributed by atoms with E-state index in [0.717, 1.165) is 29.1 Å². The number of fused-ring (bicyclic) bond motifs is 1. The van der Waals surface area contributed by atoms with Gasteiger partial charge in [-0.05, 0) is 40.1 Å². The van der Waals surface area contributed by atoms with Gasteiger partial charge < -0.3 is 0 Å². The SMILES string of the molecule is C1=CC(c2ccccc2)(c2ccsc2)Cc2[nH]nc(-c3ccccn3)c21. The van der Waals surface area contributed by atoms with Gasteiger partial charge in [0.05, 0.1) is 5.69 Å². The summed E-state index contributed by atoms with van der Waals surface area (Å²) in [6.07, 6.45) is 7.20. The Morgan fingerprint density at radius 1 is 0.962 bits per heavy atom. The van der Waals surface area contributed by atoms with Gasteiger partial charge in [0.15, 0.2) is 0 Å². The number of allylic oxidation sites excluding steroid dienone is 1. The molecule has 0 bridgehead atoms. The van der Waals surface area contributed by atoms with E-state index >= 15 is 0 Å². The van der Waals surface area contributed by atoms with Gasteiger partial charge in [-0.1, -0.05) is 48.6 Å². The molecule has 1 aliphatic rings. The molecule has 0 amide bonds. The van der Waals surface area contributed by atoms with Gasteiger partial charge in [-0.15, -0.1) is 0 Å². The van der Waals surface area contributed by atoms with Crippen molar-refractivity contribution in [1.82, 2.24) is 15.2 Å². The molecule has 1 N–H and O–H groups in total. The lowest BCUT2D eigenvalue weighted by Crippen LogP contribution is -2.30. The summed E-state index contributed by atoms with van der Waals surface area (Å²) in [5.41, 5.74) is 6.58. The second kappa shape index (κ2) is 6.07. The largest absolute Gasteiger partial charge is 0.281 e. The van der Waals surface area contributed by atoms with Crippen molar-refractivity contribution in [1.29, 1.82) is 0 Å². The van der Waals surface area contributed by atoms with Crippen molar-refractivity contribution < 1.29 is 0 Å². The third-order valence-electron chi connectivity index (χ3n) is 5.11. The van der Waals surface area contributed by atoms with Gasteiger partial charge in [-0.25, -0.2) is 0 Å². The first-order valence-electron chi connectivity index (χ1n) is 8.63. The Hall–Kier alpha value is -2.98. The topological polar surface area (TPSA) is 41.6 Å². The Balaban J connectivity index is 1.65. The fourth-order valence-electron chi connectivity index (χ4n) is 3.78. The van der Waals surface area contributed by atoms with E-state index in [2.05, 4.69) is 74.5 Å². The molecule has 0 fully saturated rings. The first kappa shape index (κ1) is 15.3. The summed E-state index contributed by atoms with van der Waals surface area (Å²) >= 11 is 1.74. The molecule has 3 heterocycles. The highest BCUT2D eigenvalue weighted by molar-refractivity contribution is 7.08. The Labute approximate surface area is 156 Å². The molecule has 1 atom stereocenters. The van der Waals surface area contributed by atoms with Crippen LogP contribution in [-0.2, 0) is 11.8 Å². The monoisotopic (exact) mass is 355 g/mol. The van der Waals surface area contributed by atoms with Crippen molar-refractivity contribution in [3.05, 3.63) is 100 Å².